The van der Waals surface area contributed by atoms with Crippen LogP contribution in [0, 0.1) is 6.92 Å². The van der Waals surface area contributed by atoms with Gasteiger partial charge in [-0.1, -0.05) is 0 Å². The van der Waals surface area contributed by atoms with Crippen LogP contribution in [0.3, 0.4) is 0 Å². The predicted octanol–water partition coefficient (Wildman–Crippen LogP) is 2.04. The van der Waals surface area contributed by atoms with Crippen molar-refractivity contribution in [1.82, 2.24) is 4.98 Å². The molecule has 0 bridgehead atoms. The maximum atomic E-state index is 12.1. The number of anilines is 1. The van der Waals surface area contributed by atoms with E-state index >= 15 is 0 Å². The molecule has 0 radical (unpaired) electrons. The molecule has 0 aliphatic carbocycles. The lowest BCUT2D eigenvalue weighted by Crippen LogP contribution is -2.15. The SMILES string of the molecule is CCOC(=O)c1c(NC(=O)c2cscn2)sc(C(N)=O)c1C. The van der Waals surface area contributed by atoms with E-state index in [0.717, 1.165) is 11.3 Å². The Morgan fingerprint density at radius 3 is 2.68 bits per heavy atom. The number of hydrogen-bond donors (Lipinski definition) is 2. The molecule has 2 amide bonds. The van der Waals surface area contributed by atoms with Gasteiger partial charge >= 0.3 is 5.97 Å². The van der Waals surface area contributed by atoms with E-state index in [1.165, 1.54) is 16.8 Å². The molecule has 0 aliphatic heterocycles. The zero-order valence-corrected chi connectivity index (χ0v) is 13.5. The first-order valence-electron chi connectivity index (χ1n) is 6.25. The Labute approximate surface area is 134 Å². The summed E-state index contributed by atoms with van der Waals surface area (Å²) in [5, 5.41) is 4.39. The molecule has 22 heavy (non-hydrogen) atoms. The van der Waals surface area contributed by atoms with E-state index in [2.05, 4.69) is 10.3 Å². The summed E-state index contributed by atoms with van der Waals surface area (Å²) in [5.41, 5.74) is 7.58. The van der Waals surface area contributed by atoms with Gasteiger partial charge in [0.15, 0.2) is 0 Å². The van der Waals surface area contributed by atoms with E-state index < -0.39 is 17.8 Å². The van der Waals surface area contributed by atoms with Gasteiger partial charge in [-0.25, -0.2) is 9.78 Å². The van der Waals surface area contributed by atoms with Crippen molar-refractivity contribution in [3.8, 4) is 0 Å². The number of nitrogens with two attached hydrogens (primary N) is 1. The second-order valence-electron chi connectivity index (χ2n) is 4.17. The van der Waals surface area contributed by atoms with Crippen LogP contribution in [0.2, 0.25) is 0 Å². The van der Waals surface area contributed by atoms with Crippen LogP contribution >= 0.6 is 22.7 Å². The van der Waals surface area contributed by atoms with Gasteiger partial charge < -0.3 is 15.8 Å². The summed E-state index contributed by atoms with van der Waals surface area (Å²) in [7, 11) is 0. The number of ether oxygens (including phenoxy) is 1. The number of carbonyl (C=O) groups excluding carboxylic acids is 3. The number of aromatic nitrogens is 1. The molecule has 0 aliphatic rings. The number of esters is 1. The zero-order valence-electron chi connectivity index (χ0n) is 11.8. The molecule has 0 unspecified atom stereocenters. The number of thiazole rings is 1. The lowest BCUT2D eigenvalue weighted by molar-refractivity contribution is 0.0527. The van der Waals surface area contributed by atoms with Crippen LogP contribution in [0.15, 0.2) is 10.9 Å². The molecular weight excluding hydrogens is 326 g/mol. The molecular formula is C13H13N3O4S2. The first-order chi connectivity index (χ1) is 10.5. The quantitative estimate of drug-likeness (QED) is 0.810. The Bertz CT molecular complexity index is 722. The minimum atomic E-state index is -0.665. The first-order valence-corrected chi connectivity index (χ1v) is 8.01. The molecule has 2 rings (SSSR count). The van der Waals surface area contributed by atoms with Crippen molar-refractivity contribution in [3.05, 3.63) is 32.6 Å². The van der Waals surface area contributed by atoms with Crippen LogP contribution in [-0.4, -0.2) is 29.4 Å². The third kappa shape index (κ3) is 3.15. The Morgan fingerprint density at radius 1 is 1.41 bits per heavy atom. The summed E-state index contributed by atoms with van der Waals surface area (Å²) < 4.78 is 4.97. The van der Waals surface area contributed by atoms with Gasteiger partial charge in [-0.3, -0.25) is 9.59 Å². The molecule has 2 aromatic rings. The molecule has 7 nitrogen and oxygen atoms in total. The third-order valence-electron chi connectivity index (χ3n) is 2.74. The number of thiophene rings is 1. The molecule has 0 saturated heterocycles. The van der Waals surface area contributed by atoms with Crippen LogP contribution in [-0.2, 0) is 4.74 Å². The third-order valence-corrected chi connectivity index (χ3v) is 4.55. The summed E-state index contributed by atoms with van der Waals surface area (Å²) in [5.74, 6) is -1.75. The number of nitrogens with one attached hydrogen (secondary N) is 1. The van der Waals surface area contributed by atoms with Gasteiger partial charge in [0.1, 0.15) is 10.7 Å². The van der Waals surface area contributed by atoms with Gasteiger partial charge in [-0.05, 0) is 19.4 Å². The molecule has 0 fully saturated rings. The normalized spacial score (nSPS) is 10.3. The van der Waals surface area contributed by atoms with E-state index in [1.54, 1.807) is 19.2 Å². The molecule has 3 N–H and O–H groups in total. The standard InChI is InChI=1S/C13H13N3O4S2/c1-3-20-13(19)8-6(2)9(10(14)17)22-12(8)16-11(18)7-4-21-5-15-7/h4-5H,3H2,1-2H3,(H2,14,17)(H,16,18). The van der Waals surface area contributed by atoms with Crippen molar-refractivity contribution in [2.75, 3.05) is 11.9 Å². The summed E-state index contributed by atoms with van der Waals surface area (Å²) in [6, 6.07) is 0. The molecule has 116 valence electrons. The predicted molar refractivity (Wildman–Crippen MR) is 83.6 cm³/mol. The van der Waals surface area contributed by atoms with Gasteiger partial charge in [0, 0.05) is 5.38 Å². The fraction of sp³-hybridized carbons (Fsp3) is 0.231. The smallest absolute Gasteiger partial charge is 0.341 e. The number of carbonyl (C=O) groups is 3. The van der Waals surface area contributed by atoms with Crippen molar-refractivity contribution in [3.63, 3.8) is 0 Å². The van der Waals surface area contributed by atoms with Crippen molar-refractivity contribution >= 4 is 45.5 Å². The van der Waals surface area contributed by atoms with Gasteiger partial charge in [-0.2, -0.15) is 0 Å². The number of nitrogens with zero attached hydrogens (tertiary/aromatic N) is 1. The molecule has 9 heteroatoms. The highest BCUT2D eigenvalue weighted by molar-refractivity contribution is 7.18. The highest BCUT2D eigenvalue weighted by atomic mass is 32.1. The van der Waals surface area contributed by atoms with E-state index in [4.69, 9.17) is 10.5 Å². The number of rotatable bonds is 5. The van der Waals surface area contributed by atoms with Gasteiger partial charge in [0.2, 0.25) is 0 Å². The minimum absolute atomic E-state index is 0.143. The van der Waals surface area contributed by atoms with Crippen LogP contribution in [0.5, 0.6) is 0 Å². The van der Waals surface area contributed by atoms with E-state index in [-0.39, 0.29) is 27.7 Å². The number of primary amides is 1. The molecule has 0 saturated carbocycles. The van der Waals surface area contributed by atoms with Crippen LogP contribution in [0.1, 0.15) is 43.0 Å². The van der Waals surface area contributed by atoms with Crippen LogP contribution in [0.4, 0.5) is 5.00 Å². The molecule has 0 aromatic carbocycles. The minimum Gasteiger partial charge on any atom is -0.462 e. The van der Waals surface area contributed by atoms with Gasteiger partial charge in [-0.15, -0.1) is 22.7 Å². The maximum Gasteiger partial charge on any atom is 0.341 e. The Kier molecular flexibility index (Phi) is 4.88. The Morgan fingerprint density at radius 2 is 2.14 bits per heavy atom. The summed E-state index contributed by atoms with van der Waals surface area (Å²) in [4.78, 5) is 39.7. The average Bonchev–Trinajstić information content (AvgIpc) is 3.07. The second kappa shape index (κ2) is 6.67. The lowest BCUT2D eigenvalue weighted by Gasteiger charge is -2.05. The van der Waals surface area contributed by atoms with E-state index in [1.807, 2.05) is 0 Å². The number of hydrogen-bond acceptors (Lipinski definition) is 7. The van der Waals surface area contributed by atoms with Gasteiger partial charge in [0.25, 0.3) is 11.8 Å². The summed E-state index contributed by atoms with van der Waals surface area (Å²) >= 11 is 2.22. The summed E-state index contributed by atoms with van der Waals surface area (Å²) in [6.45, 7) is 3.43. The molecule has 2 aromatic heterocycles. The van der Waals surface area contributed by atoms with Crippen molar-refractivity contribution in [2.45, 2.75) is 13.8 Å². The molecule has 0 spiro atoms. The fourth-order valence-corrected chi connectivity index (χ4v) is 3.35. The topological polar surface area (TPSA) is 111 Å². The van der Waals surface area contributed by atoms with Crippen molar-refractivity contribution in [1.29, 1.82) is 0 Å². The Hall–Kier alpha value is -2.26. The highest BCUT2D eigenvalue weighted by Gasteiger charge is 2.26. The highest BCUT2D eigenvalue weighted by Crippen LogP contribution is 2.33. The number of amides is 2. The van der Waals surface area contributed by atoms with Crippen LogP contribution in [0.25, 0.3) is 0 Å². The van der Waals surface area contributed by atoms with Crippen LogP contribution < -0.4 is 11.1 Å². The largest absolute Gasteiger partial charge is 0.462 e. The molecule has 0 atom stereocenters. The van der Waals surface area contributed by atoms with Gasteiger partial charge in [0.05, 0.1) is 22.6 Å². The second-order valence-corrected chi connectivity index (χ2v) is 5.91. The first kappa shape index (κ1) is 16.1. The van der Waals surface area contributed by atoms with E-state index in [0.29, 0.717) is 5.56 Å². The molecule has 2 heterocycles. The zero-order chi connectivity index (χ0) is 16.3. The maximum absolute atomic E-state index is 12.1. The van der Waals surface area contributed by atoms with E-state index in [9.17, 15) is 14.4 Å². The van der Waals surface area contributed by atoms with Crippen molar-refractivity contribution in [2.24, 2.45) is 5.73 Å². The monoisotopic (exact) mass is 339 g/mol. The fourth-order valence-electron chi connectivity index (χ4n) is 1.78. The summed E-state index contributed by atoms with van der Waals surface area (Å²) in [6.07, 6.45) is 0. The van der Waals surface area contributed by atoms with Crippen molar-refractivity contribution < 1.29 is 19.1 Å². The average molecular weight is 339 g/mol. The lowest BCUT2D eigenvalue weighted by atomic mass is 10.1. The Balaban J connectivity index is 2.40.